The van der Waals surface area contributed by atoms with Crippen molar-refractivity contribution in [3.63, 3.8) is 0 Å². The SMILES string of the molecule is O=C(O)CCCNC(=O)c1cc2ccc(O)cc2[nH]1. The molecule has 2 rings (SSSR count). The van der Waals surface area contributed by atoms with E-state index in [1.807, 2.05) is 0 Å². The van der Waals surface area contributed by atoms with Crippen molar-refractivity contribution in [3.8, 4) is 5.75 Å². The number of fused-ring (bicyclic) bond motifs is 1. The number of carbonyl (C=O) groups is 2. The number of nitrogens with one attached hydrogen (secondary N) is 2. The van der Waals surface area contributed by atoms with Crippen LogP contribution >= 0.6 is 0 Å². The predicted octanol–water partition coefficient (Wildman–Crippen LogP) is 1.47. The van der Waals surface area contributed by atoms with E-state index in [9.17, 15) is 14.7 Å². The van der Waals surface area contributed by atoms with Gasteiger partial charge < -0.3 is 20.5 Å². The van der Waals surface area contributed by atoms with Gasteiger partial charge in [0.2, 0.25) is 0 Å². The fourth-order valence-electron chi connectivity index (χ4n) is 1.77. The number of benzene rings is 1. The minimum absolute atomic E-state index is 0.0286. The molecular weight excluding hydrogens is 248 g/mol. The second-order valence-electron chi connectivity index (χ2n) is 4.21. The van der Waals surface area contributed by atoms with Crippen LogP contribution in [0.4, 0.5) is 0 Å². The molecule has 0 saturated carbocycles. The zero-order valence-corrected chi connectivity index (χ0v) is 10.1. The summed E-state index contributed by atoms with van der Waals surface area (Å²) in [6.07, 6.45) is 0.420. The fourth-order valence-corrected chi connectivity index (χ4v) is 1.77. The highest BCUT2D eigenvalue weighted by Gasteiger charge is 2.09. The Morgan fingerprint density at radius 1 is 1.26 bits per heavy atom. The molecular formula is C13H14N2O4. The molecule has 0 atom stereocenters. The van der Waals surface area contributed by atoms with Gasteiger partial charge in [-0.2, -0.15) is 0 Å². The van der Waals surface area contributed by atoms with Crippen LogP contribution in [0.2, 0.25) is 0 Å². The number of H-pyrrole nitrogens is 1. The Hall–Kier alpha value is -2.50. The van der Waals surface area contributed by atoms with Crippen molar-refractivity contribution in [2.24, 2.45) is 0 Å². The maximum atomic E-state index is 11.8. The highest BCUT2D eigenvalue weighted by atomic mass is 16.4. The van der Waals surface area contributed by atoms with E-state index >= 15 is 0 Å². The first kappa shape index (κ1) is 12.9. The summed E-state index contributed by atoms with van der Waals surface area (Å²) >= 11 is 0. The Labute approximate surface area is 109 Å². The number of carbonyl (C=O) groups excluding carboxylic acids is 1. The molecule has 6 nitrogen and oxygen atoms in total. The Bertz CT molecular complexity index is 618. The number of hydrogen-bond acceptors (Lipinski definition) is 3. The van der Waals surface area contributed by atoms with E-state index in [0.29, 0.717) is 24.2 Å². The van der Waals surface area contributed by atoms with Crippen LogP contribution in [0.3, 0.4) is 0 Å². The van der Waals surface area contributed by atoms with Crippen LogP contribution in [0, 0.1) is 0 Å². The molecule has 0 unspecified atom stereocenters. The minimum Gasteiger partial charge on any atom is -0.508 e. The van der Waals surface area contributed by atoms with Gasteiger partial charge in [-0.3, -0.25) is 9.59 Å². The number of aliphatic carboxylic acids is 1. The molecule has 0 aliphatic heterocycles. The van der Waals surface area contributed by atoms with Crippen LogP contribution in [0.1, 0.15) is 23.3 Å². The molecule has 1 aromatic heterocycles. The summed E-state index contributed by atoms with van der Waals surface area (Å²) in [7, 11) is 0. The first-order valence-electron chi connectivity index (χ1n) is 5.88. The molecule has 2 aromatic rings. The van der Waals surface area contributed by atoms with Gasteiger partial charge in [-0.15, -0.1) is 0 Å². The maximum Gasteiger partial charge on any atom is 0.303 e. The van der Waals surface area contributed by atoms with Crippen LogP contribution in [0.25, 0.3) is 10.9 Å². The van der Waals surface area contributed by atoms with Crippen LogP contribution in [-0.2, 0) is 4.79 Å². The number of aromatic amines is 1. The van der Waals surface area contributed by atoms with Crippen molar-refractivity contribution in [2.45, 2.75) is 12.8 Å². The summed E-state index contributed by atoms with van der Waals surface area (Å²) in [6.45, 7) is 0.311. The van der Waals surface area contributed by atoms with E-state index in [4.69, 9.17) is 5.11 Å². The van der Waals surface area contributed by atoms with Crippen molar-refractivity contribution in [3.05, 3.63) is 30.0 Å². The molecule has 0 bridgehead atoms. The lowest BCUT2D eigenvalue weighted by Crippen LogP contribution is -2.25. The predicted molar refractivity (Wildman–Crippen MR) is 69.2 cm³/mol. The Morgan fingerprint density at radius 2 is 2.05 bits per heavy atom. The van der Waals surface area contributed by atoms with Crippen molar-refractivity contribution >= 4 is 22.8 Å². The molecule has 0 fully saturated rings. The molecule has 0 radical (unpaired) electrons. The van der Waals surface area contributed by atoms with E-state index in [1.54, 1.807) is 18.2 Å². The number of phenols is 1. The Kier molecular flexibility index (Phi) is 3.70. The number of aromatic nitrogens is 1. The molecule has 1 heterocycles. The van der Waals surface area contributed by atoms with Gasteiger partial charge >= 0.3 is 5.97 Å². The van der Waals surface area contributed by atoms with Crippen LogP contribution < -0.4 is 5.32 Å². The third-order valence-corrected chi connectivity index (χ3v) is 2.70. The highest BCUT2D eigenvalue weighted by Crippen LogP contribution is 2.20. The molecule has 0 aliphatic carbocycles. The van der Waals surface area contributed by atoms with Gasteiger partial charge in [0.05, 0.1) is 0 Å². The van der Waals surface area contributed by atoms with E-state index in [2.05, 4.69) is 10.3 Å². The Morgan fingerprint density at radius 3 is 2.79 bits per heavy atom. The molecule has 1 amide bonds. The zero-order chi connectivity index (χ0) is 13.8. The second-order valence-corrected chi connectivity index (χ2v) is 4.21. The summed E-state index contributed by atoms with van der Waals surface area (Å²) in [5.41, 5.74) is 1.06. The first-order chi connectivity index (χ1) is 9.06. The fraction of sp³-hybridized carbons (Fsp3) is 0.231. The molecule has 0 saturated heterocycles. The third kappa shape index (κ3) is 3.25. The first-order valence-corrected chi connectivity index (χ1v) is 5.88. The topological polar surface area (TPSA) is 102 Å². The van der Waals surface area contributed by atoms with Crippen LogP contribution in [0.15, 0.2) is 24.3 Å². The van der Waals surface area contributed by atoms with Gasteiger partial charge in [0.15, 0.2) is 0 Å². The highest BCUT2D eigenvalue weighted by molar-refractivity contribution is 5.98. The summed E-state index contributed by atoms with van der Waals surface area (Å²) in [6, 6.07) is 6.48. The van der Waals surface area contributed by atoms with Crippen LogP contribution in [-0.4, -0.2) is 33.6 Å². The van der Waals surface area contributed by atoms with Crippen molar-refractivity contribution in [1.82, 2.24) is 10.3 Å². The maximum absolute atomic E-state index is 11.8. The monoisotopic (exact) mass is 262 g/mol. The smallest absolute Gasteiger partial charge is 0.303 e. The molecule has 6 heteroatoms. The van der Waals surface area contributed by atoms with Crippen molar-refractivity contribution in [1.29, 1.82) is 0 Å². The summed E-state index contributed by atoms with van der Waals surface area (Å²) in [5.74, 6) is -1.04. The minimum atomic E-state index is -0.879. The van der Waals surface area contributed by atoms with Crippen molar-refractivity contribution in [2.75, 3.05) is 6.54 Å². The lowest BCUT2D eigenvalue weighted by Gasteiger charge is -2.01. The average Bonchev–Trinajstić information content (AvgIpc) is 2.77. The summed E-state index contributed by atoms with van der Waals surface area (Å²) < 4.78 is 0. The lowest BCUT2D eigenvalue weighted by atomic mass is 10.2. The zero-order valence-electron chi connectivity index (χ0n) is 10.1. The third-order valence-electron chi connectivity index (χ3n) is 2.70. The lowest BCUT2D eigenvalue weighted by molar-refractivity contribution is -0.137. The van der Waals surface area contributed by atoms with Gasteiger partial charge in [0, 0.05) is 29.9 Å². The average molecular weight is 262 g/mol. The summed E-state index contributed by atoms with van der Waals surface area (Å²) in [4.78, 5) is 25.0. The summed E-state index contributed by atoms with van der Waals surface area (Å²) in [5, 5.41) is 21.3. The van der Waals surface area contributed by atoms with E-state index in [1.165, 1.54) is 6.07 Å². The largest absolute Gasteiger partial charge is 0.508 e. The normalized spacial score (nSPS) is 10.5. The molecule has 4 N–H and O–H groups in total. The van der Waals surface area contributed by atoms with Crippen LogP contribution in [0.5, 0.6) is 5.75 Å². The number of carboxylic acid groups (broad SMARTS) is 1. The number of aromatic hydroxyl groups is 1. The quantitative estimate of drug-likeness (QED) is 0.613. The van der Waals surface area contributed by atoms with Gasteiger partial charge in [-0.25, -0.2) is 0 Å². The van der Waals surface area contributed by atoms with Gasteiger partial charge in [0.1, 0.15) is 11.4 Å². The second kappa shape index (κ2) is 5.43. The van der Waals surface area contributed by atoms with Gasteiger partial charge in [-0.1, -0.05) is 0 Å². The number of amides is 1. The molecule has 0 spiro atoms. The molecule has 0 aliphatic rings. The standard InChI is InChI=1S/C13H14N2O4/c16-9-4-3-8-6-11(15-10(8)7-9)13(19)14-5-1-2-12(17)18/h3-4,6-7,15-16H,1-2,5H2,(H,14,19)(H,17,18). The molecule has 19 heavy (non-hydrogen) atoms. The van der Waals surface area contributed by atoms with E-state index < -0.39 is 5.97 Å². The van der Waals surface area contributed by atoms with E-state index in [-0.39, 0.29) is 18.1 Å². The molecule has 100 valence electrons. The number of hydrogen-bond donors (Lipinski definition) is 4. The molecule has 1 aromatic carbocycles. The van der Waals surface area contributed by atoms with Gasteiger partial charge in [0.25, 0.3) is 5.91 Å². The number of rotatable bonds is 5. The Balaban J connectivity index is 1.99. The van der Waals surface area contributed by atoms with Gasteiger partial charge in [-0.05, 0) is 24.6 Å². The van der Waals surface area contributed by atoms with Crippen molar-refractivity contribution < 1.29 is 19.8 Å². The van der Waals surface area contributed by atoms with E-state index in [0.717, 1.165) is 5.39 Å². The number of phenolic OH excluding ortho intramolecular Hbond substituents is 1. The number of carboxylic acids is 1.